The van der Waals surface area contributed by atoms with Gasteiger partial charge in [-0.2, -0.15) is 9.61 Å². The van der Waals surface area contributed by atoms with Gasteiger partial charge in [0.05, 0.1) is 29.3 Å². The molecule has 2 fully saturated rings. The lowest BCUT2D eigenvalue weighted by Gasteiger charge is -2.38. The number of nitrogens with one attached hydrogen (secondary N) is 1. The maximum absolute atomic E-state index is 13.1. The number of hydrogen-bond acceptors (Lipinski definition) is 9. The van der Waals surface area contributed by atoms with Crippen molar-refractivity contribution in [2.75, 3.05) is 5.73 Å². The minimum Gasteiger partial charge on any atom is -0.387 e. The van der Waals surface area contributed by atoms with Gasteiger partial charge in [-0.3, -0.25) is 14.6 Å². The van der Waals surface area contributed by atoms with E-state index in [9.17, 15) is 14.7 Å². The Balaban J connectivity index is 1.29. The highest BCUT2D eigenvalue weighted by Gasteiger charge is 2.45. The number of rotatable bonds is 4. The summed E-state index contributed by atoms with van der Waals surface area (Å²) in [6, 6.07) is 2.09. The molecule has 39 heavy (non-hydrogen) atoms. The third-order valence-corrected chi connectivity index (χ3v) is 8.59. The van der Waals surface area contributed by atoms with Crippen LogP contribution in [0.25, 0.3) is 16.8 Å². The third kappa shape index (κ3) is 3.73. The minimum absolute atomic E-state index is 0.0195. The van der Waals surface area contributed by atoms with Gasteiger partial charge in [0, 0.05) is 35.3 Å². The third-order valence-electron chi connectivity index (χ3n) is 8.59. The topological polar surface area (TPSA) is 168 Å². The summed E-state index contributed by atoms with van der Waals surface area (Å²) in [6.07, 6.45) is 9.94. The Bertz CT molecular complexity index is 1600. The molecule has 0 spiro atoms. The monoisotopic (exact) mass is 527 g/mol. The molecule has 2 aliphatic heterocycles. The zero-order valence-corrected chi connectivity index (χ0v) is 21.5. The summed E-state index contributed by atoms with van der Waals surface area (Å²) in [6.45, 7) is 1.50. The highest BCUT2D eigenvalue weighted by molar-refractivity contribution is 6.00. The van der Waals surface area contributed by atoms with Crippen molar-refractivity contribution in [3.05, 3.63) is 53.1 Å². The molecule has 3 aliphatic rings. The Kier molecular flexibility index (Phi) is 5.48. The predicted molar refractivity (Wildman–Crippen MR) is 140 cm³/mol. The number of hydrogen-bond donors (Lipinski definition) is 3. The number of aromatic amines is 1. The van der Waals surface area contributed by atoms with Crippen molar-refractivity contribution in [2.24, 2.45) is 0 Å². The van der Waals surface area contributed by atoms with Crippen molar-refractivity contribution in [3.8, 4) is 11.1 Å². The first-order chi connectivity index (χ1) is 18.9. The highest BCUT2D eigenvalue weighted by atomic mass is 16.3. The van der Waals surface area contributed by atoms with Crippen LogP contribution in [0, 0.1) is 0 Å². The number of aryl methyl sites for hydroxylation is 1. The number of aliphatic hydroxyl groups is 1. The second-order valence-corrected chi connectivity index (χ2v) is 10.9. The van der Waals surface area contributed by atoms with Crippen molar-refractivity contribution in [1.82, 2.24) is 39.7 Å². The molecule has 4 N–H and O–H groups in total. The Morgan fingerprint density at radius 3 is 2.64 bits per heavy atom. The fourth-order valence-corrected chi connectivity index (χ4v) is 6.85. The minimum atomic E-state index is -0.539. The number of anilines is 1. The van der Waals surface area contributed by atoms with Gasteiger partial charge in [0.1, 0.15) is 12.1 Å². The molecule has 200 valence electrons. The van der Waals surface area contributed by atoms with Gasteiger partial charge in [0.15, 0.2) is 11.4 Å². The van der Waals surface area contributed by atoms with E-state index >= 15 is 0 Å². The maximum atomic E-state index is 13.1. The van der Waals surface area contributed by atoms with Gasteiger partial charge < -0.3 is 20.7 Å². The number of amides is 1. The number of nitrogens with zero attached hydrogens (tertiary/aromatic N) is 7. The fourth-order valence-electron chi connectivity index (χ4n) is 6.85. The van der Waals surface area contributed by atoms with Gasteiger partial charge in [-0.1, -0.05) is 0 Å². The van der Waals surface area contributed by atoms with Gasteiger partial charge in [-0.15, -0.1) is 10.2 Å². The average molecular weight is 528 g/mol. The van der Waals surface area contributed by atoms with Crippen LogP contribution in [0.15, 0.2) is 24.8 Å². The standard InChI is InChI=1S/C27H29N9O3/c1-13(37)21-23(15-8-17-5-6-18(9-15)35(17)27(39)25-30-12-31-34-25)33-26-19(11-32-36(26)24(21)28)16-7-14-3-2-4-20(38)22(14)29-10-16/h7,10-12,15,17-18,20,38H,2-6,8-9,28H2,1H3,(H,30,31,34)/t15-,17+,18-,20?. The number of aliphatic hydroxyl groups excluding tert-OH is 1. The van der Waals surface area contributed by atoms with E-state index in [2.05, 4.69) is 25.3 Å². The second-order valence-electron chi connectivity index (χ2n) is 10.9. The van der Waals surface area contributed by atoms with Gasteiger partial charge >= 0.3 is 0 Å². The Labute approximate surface area is 223 Å². The van der Waals surface area contributed by atoms with E-state index in [1.807, 2.05) is 11.0 Å². The molecule has 6 heterocycles. The molecule has 0 radical (unpaired) electrons. The Morgan fingerprint density at radius 2 is 1.92 bits per heavy atom. The van der Waals surface area contributed by atoms with E-state index in [1.165, 1.54) is 17.8 Å². The number of carbonyl (C=O) groups excluding carboxylic acids is 2. The van der Waals surface area contributed by atoms with E-state index in [0.29, 0.717) is 29.7 Å². The van der Waals surface area contributed by atoms with Crippen molar-refractivity contribution in [1.29, 1.82) is 0 Å². The fraction of sp³-hybridized carbons (Fsp3) is 0.444. The van der Waals surface area contributed by atoms with Gasteiger partial charge in [-0.25, -0.2) is 4.98 Å². The van der Waals surface area contributed by atoms with Crippen LogP contribution in [-0.4, -0.2) is 68.5 Å². The molecule has 12 nitrogen and oxygen atoms in total. The largest absolute Gasteiger partial charge is 0.387 e. The number of H-pyrrole nitrogens is 1. The Morgan fingerprint density at radius 1 is 1.13 bits per heavy atom. The maximum Gasteiger partial charge on any atom is 0.292 e. The molecule has 4 aromatic rings. The van der Waals surface area contributed by atoms with Crippen molar-refractivity contribution >= 4 is 23.2 Å². The van der Waals surface area contributed by atoms with E-state index in [1.54, 1.807) is 12.4 Å². The number of piperidine rings is 1. The number of carbonyl (C=O) groups is 2. The molecule has 1 aliphatic carbocycles. The van der Waals surface area contributed by atoms with Gasteiger partial charge in [-0.05, 0) is 63.5 Å². The van der Waals surface area contributed by atoms with Crippen LogP contribution >= 0.6 is 0 Å². The van der Waals surface area contributed by atoms with Gasteiger partial charge in [0.25, 0.3) is 5.91 Å². The first-order valence-electron chi connectivity index (χ1n) is 13.4. The van der Waals surface area contributed by atoms with Crippen LogP contribution in [0.5, 0.6) is 0 Å². The number of aromatic nitrogens is 7. The number of fused-ring (bicyclic) bond motifs is 4. The molecule has 4 atom stereocenters. The lowest BCUT2D eigenvalue weighted by Crippen LogP contribution is -2.46. The summed E-state index contributed by atoms with van der Waals surface area (Å²) in [5.41, 5.74) is 11.6. The predicted octanol–water partition coefficient (Wildman–Crippen LogP) is 2.61. The van der Waals surface area contributed by atoms with Crippen LogP contribution in [0.1, 0.15) is 95.4 Å². The zero-order chi connectivity index (χ0) is 26.8. The molecule has 1 amide bonds. The lowest BCUT2D eigenvalue weighted by molar-refractivity contribution is 0.0556. The van der Waals surface area contributed by atoms with Crippen LogP contribution in [-0.2, 0) is 6.42 Å². The molecule has 2 saturated heterocycles. The molecule has 2 bridgehead atoms. The van der Waals surface area contributed by atoms with Crippen molar-refractivity contribution in [2.45, 2.75) is 76.0 Å². The summed E-state index contributed by atoms with van der Waals surface area (Å²) in [4.78, 5) is 40.4. The zero-order valence-electron chi connectivity index (χ0n) is 21.5. The number of pyridine rings is 1. The number of Topliss-reactive ketones (excluding diaryl/α,β-unsaturated/α-hetero) is 1. The normalized spacial score (nSPS) is 24.2. The van der Waals surface area contributed by atoms with E-state index in [-0.39, 0.29) is 41.3 Å². The van der Waals surface area contributed by atoms with Crippen LogP contribution in [0.4, 0.5) is 5.82 Å². The molecule has 4 aromatic heterocycles. The molecule has 1 unspecified atom stereocenters. The first kappa shape index (κ1) is 23.9. The van der Waals surface area contributed by atoms with Crippen LogP contribution in [0.2, 0.25) is 0 Å². The van der Waals surface area contributed by atoms with Crippen molar-refractivity contribution < 1.29 is 14.7 Å². The quantitative estimate of drug-likeness (QED) is 0.338. The molecule has 7 rings (SSSR count). The Hall–Kier alpha value is -4.19. The summed E-state index contributed by atoms with van der Waals surface area (Å²) in [5.74, 6) is 0.172. The first-order valence-corrected chi connectivity index (χ1v) is 13.4. The molecule has 12 heteroatoms. The average Bonchev–Trinajstić information content (AvgIpc) is 3.66. The van der Waals surface area contributed by atoms with E-state index in [4.69, 9.17) is 10.7 Å². The van der Waals surface area contributed by atoms with Gasteiger partial charge in [0.2, 0.25) is 5.82 Å². The molecule has 0 aromatic carbocycles. The summed E-state index contributed by atoms with van der Waals surface area (Å²) in [7, 11) is 0. The summed E-state index contributed by atoms with van der Waals surface area (Å²) in [5, 5.41) is 22.5. The van der Waals surface area contributed by atoms with E-state index < -0.39 is 6.10 Å². The number of nitrogen functional groups attached to an aromatic ring is 1. The number of ketones is 1. The smallest absolute Gasteiger partial charge is 0.292 e. The molecule has 0 saturated carbocycles. The van der Waals surface area contributed by atoms with Crippen molar-refractivity contribution in [3.63, 3.8) is 0 Å². The second kappa shape index (κ2) is 8.94. The molecular formula is C27H29N9O3. The SMILES string of the molecule is CC(=O)c1c([C@H]2C[C@H]3CC[C@@H](C2)N3C(=O)c2nnc[nH]2)nc2c(-c3cnc4c(c3)CCCC4O)cnn2c1N. The van der Waals surface area contributed by atoms with Crippen LogP contribution < -0.4 is 5.73 Å². The summed E-state index contributed by atoms with van der Waals surface area (Å²) >= 11 is 0. The number of nitrogens with two attached hydrogens (primary N) is 1. The summed E-state index contributed by atoms with van der Waals surface area (Å²) < 4.78 is 1.53. The molecular weight excluding hydrogens is 498 g/mol. The van der Waals surface area contributed by atoms with E-state index in [0.717, 1.165) is 54.5 Å². The highest BCUT2D eigenvalue weighted by Crippen LogP contribution is 2.45. The van der Waals surface area contributed by atoms with Crippen LogP contribution in [0.3, 0.4) is 0 Å². The lowest BCUT2D eigenvalue weighted by atomic mass is 9.85.